The molecule has 2 aromatic carbocycles. The highest BCUT2D eigenvalue weighted by molar-refractivity contribution is 6.33. The van der Waals surface area contributed by atoms with Gasteiger partial charge in [-0.05, 0) is 35.9 Å². The van der Waals surface area contributed by atoms with Gasteiger partial charge in [0, 0.05) is 5.69 Å². The molecule has 0 aliphatic rings. The van der Waals surface area contributed by atoms with Crippen molar-refractivity contribution >= 4 is 23.3 Å². The Morgan fingerprint density at radius 1 is 1.26 bits per heavy atom. The van der Waals surface area contributed by atoms with Crippen molar-refractivity contribution in [1.82, 2.24) is 0 Å². The standard InChI is InChI=1S/C14H11ClFNO2/c15-13-5-4-11(17)7-12(13)14(18)19-8-9-2-1-3-10(16)6-9/h1-7H,8,17H2. The summed E-state index contributed by atoms with van der Waals surface area (Å²) in [7, 11) is 0. The number of hydrogen-bond donors (Lipinski definition) is 1. The van der Waals surface area contributed by atoms with Crippen LogP contribution >= 0.6 is 11.6 Å². The zero-order valence-corrected chi connectivity index (χ0v) is 10.7. The first kappa shape index (κ1) is 13.4. The molecular formula is C14H11ClFNO2. The van der Waals surface area contributed by atoms with E-state index in [1.165, 1.54) is 24.3 Å². The first-order chi connectivity index (χ1) is 9.06. The third-order valence-corrected chi connectivity index (χ3v) is 2.80. The van der Waals surface area contributed by atoms with Crippen molar-refractivity contribution in [3.63, 3.8) is 0 Å². The van der Waals surface area contributed by atoms with E-state index in [2.05, 4.69) is 0 Å². The highest BCUT2D eigenvalue weighted by Gasteiger charge is 2.12. The second-order valence-corrected chi connectivity index (χ2v) is 4.35. The van der Waals surface area contributed by atoms with Crippen LogP contribution in [-0.2, 0) is 11.3 Å². The fourth-order valence-corrected chi connectivity index (χ4v) is 1.75. The first-order valence-electron chi connectivity index (χ1n) is 5.53. The van der Waals surface area contributed by atoms with Crippen LogP contribution in [0.1, 0.15) is 15.9 Å². The van der Waals surface area contributed by atoms with Gasteiger partial charge < -0.3 is 10.5 Å². The molecule has 0 unspecified atom stereocenters. The van der Waals surface area contributed by atoms with Crippen LogP contribution in [0.2, 0.25) is 5.02 Å². The maximum atomic E-state index is 13.0. The predicted molar refractivity (Wildman–Crippen MR) is 71.4 cm³/mol. The van der Waals surface area contributed by atoms with Crippen molar-refractivity contribution < 1.29 is 13.9 Å². The molecule has 0 heterocycles. The lowest BCUT2D eigenvalue weighted by molar-refractivity contribution is 0.0472. The van der Waals surface area contributed by atoms with E-state index in [1.807, 2.05) is 0 Å². The van der Waals surface area contributed by atoms with Gasteiger partial charge in [-0.25, -0.2) is 9.18 Å². The smallest absolute Gasteiger partial charge is 0.340 e. The Hall–Kier alpha value is -2.07. The summed E-state index contributed by atoms with van der Waals surface area (Å²) in [5, 5.41) is 0.262. The van der Waals surface area contributed by atoms with E-state index >= 15 is 0 Å². The van der Waals surface area contributed by atoms with E-state index in [0.717, 1.165) is 0 Å². The van der Waals surface area contributed by atoms with E-state index in [4.69, 9.17) is 22.1 Å². The van der Waals surface area contributed by atoms with E-state index < -0.39 is 5.97 Å². The van der Waals surface area contributed by atoms with Gasteiger partial charge in [-0.3, -0.25) is 0 Å². The molecule has 0 bridgehead atoms. The van der Waals surface area contributed by atoms with Crippen LogP contribution in [0.25, 0.3) is 0 Å². The Labute approximate surface area is 114 Å². The van der Waals surface area contributed by atoms with Gasteiger partial charge in [0.1, 0.15) is 12.4 Å². The number of nitrogens with two attached hydrogens (primary N) is 1. The van der Waals surface area contributed by atoms with Crippen LogP contribution in [0.4, 0.5) is 10.1 Å². The van der Waals surface area contributed by atoms with E-state index in [-0.39, 0.29) is 23.0 Å². The molecule has 0 amide bonds. The Morgan fingerprint density at radius 3 is 2.79 bits per heavy atom. The van der Waals surface area contributed by atoms with Gasteiger partial charge in [-0.15, -0.1) is 0 Å². The van der Waals surface area contributed by atoms with Crippen molar-refractivity contribution in [2.24, 2.45) is 0 Å². The van der Waals surface area contributed by atoms with Gasteiger partial charge in [0.25, 0.3) is 0 Å². The average molecular weight is 280 g/mol. The molecule has 0 saturated heterocycles. The van der Waals surface area contributed by atoms with Gasteiger partial charge >= 0.3 is 5.97 Å². The summed E-state index contributed by atoms with van der Waals surface area (Å²) in [6, 6.07) is 10.4. The Morgan fingerprint density at radius 2 is 2.05 bits per heavy atom. The molecule has 3 nitrogen and oxygen atoms in total. The predicted octanol–water partition coefficient (Wildman–Crippen LogP) is 3.42. The fraction of sp³-hybridized carbons (Fsp3) is 0.0714. The number of anilines is 1. The summed E-state index contributed by atoms with van der Waals surface area (Å²) in [5.41, 5.74) is 6.75. The Balaban J connectivity index is 2.07. The van der Waals surface area contributed by atoms with Crippen molar-refractivity contribution in [1.29, 1.82) is 0 Å². The first-order valence-corrected chi connectivity index (χ1v) is 5.90. The lowest BCUT2D eigenvalue weighted by atomic mass is 10.2. The molecule has 0 atom stereocenters. The fourth-order valence-electron chi connectivity index (χ4n) is 1.55. The third-order valence-electron chi connectivity index (χ3n) is 2.47. The number of hydrogen-bond acceptors (Lipinski definition) is 3. The SMILES string of the molecule is Nc1ccc(Cl)c(C(=O)OCc2cccc(F)c2)c1. The van der Waals surface area contributed by atoms with Crippen LogP contribution in [0, 0.1) is 5.82 Å². The highest BCUT2D eigenvalue weighted by atomic mass is 35.5. The van der Waals surface area contributed by atoms with Crippen LogP contribution in [-0.4, -0.2) is 5.97 Å². The molecule has 2 rings (SSSR count). The zero-order valence-electron chi connectivity index (χ0n) is 9.90. The molecule has 0 fully saturated rings. The van der Waals surface area contributed by atoms with E-state index in [1.54, 1.807) is 18.2 Å². The normalized spacial score (nSPS) is 10.2. The minimum Gasteiger partial charge on any atom is -0.457 e. The van der Waals surface area contributed by atoms with E-state index in [9.17, 15) is 9.18 Å². The summed E-state index contributed by atoms with van der Waals surface area (Å²) >= 11 is 5.88. The lowest BCUT2D eigenvalue weighted by Crippen LogP contribution is -2.06. The lowest BCUT2D eigenvalue weighted by Gasteiger charge is -2.07. The molecule has 0 aromatic heterocycles. The molecule has 2 aromatic rings. The number of rotatable bonds is 3. The average Bonchev–Trinajstić information content (AvgIpc) is 2.39. The summed E-state index contributed by atoms with van der Waals surface area (Å²) in [4.78, 5) is 11.8. The summed E-state index contributed by atoms with van der Waals surface area (Å²) in [5.74, 6) is -0.975. The molecule has 0 aliphatic heterocycles. The molecule has 0 saturated carbocycles. The maximum Gasteiger partial charge on any atom is 0.340 e. The quantitative estimate of drug-likeness (QED) is 0.692. The number of halogens is 2. The number of nitrogen functional groups attached to an aromatic ring is 1. The Bertz CT molecular complexity index is 616. The van der Waals surface area contributed by atoms with Gasteiger partial charge in [-0.2, -0.15) is 0 Å². The van der Waals surface area contributed by atoms with Crippen LogP contribution < -0.4 is 5.73 Å². The van der Waals surface area contributed by atoms with Crippen LogP contribution in [0.3, 0.4) is 0 Å². The molecule has 5 heteroatoms. The number of ether oxygens (including phenoxy) is 1. The molecule has 0 radical (unpaired) electrons. The maximum absolute atomic E-state index is 13.0. The van der Waals surface area contributed by atoms with Gasteiger partial charge in [0.15, 0.2) is 0 Å². The third kappa shape index (κ3) is 3.45. The van der Waals surface area contributed by atoms with Gasteiger partial charge in [0.05, 0.1) is 10.6 Å². The molecule has 19 heavy (non-hydrogen) atoms. The number of esters is 1. The topological polar surface area (TPSA) is 52.3 Å². The zero-order chi connectivity index (χ0) is 13.8. The largest absolute Gasteiger partial charge is 0.457 e. The van der Waals surface area contributed by atoms with Crippen LogP contribution in [0.5, 0.6) is 0 Å². The monoisotopic (exact) mass is 279 g/mol. The summed E-state index contributed by atoms with van der Waals surface area (Å²) in [6.45, 7) is -0.0261. The van der Waals surface area contributed by atoms with Gasteiger partial charge in [-0.1, -0.05) is 23.7 Å². The van der Waals surface area contributed by atoms with Crippen molar-refractivity contribution in [3.8, 4) is 0 Å². The minimum atomic E-state index is -0.596. The number of carbonyl (C=O) groups excluding carboxylic acids is 1. The minimum absolute atomic E-state index is 0.0261. The molecule has 0 aliphatic carbocycles. The molecule has 2 N–H and O–H groups in total. The summed E-state index contributed by atoms with van der Waals surface area (Å²) in [6.07, 6.45) is 0. The van der Waals surface area contributed by atoms with Crippen molar-refractivity contribution in [2.75, 3.05) is 5.73 Å². The van der Waals surface area contributed by atoms with Crippen LogP contribution in [0.15, 0.2) is 42.5 Å². The second kappa shape index (κ2) is 5.71. The van der Waals surface area contributed by atoms with Gasteiger partial charge in [0.2, 0.25) is 0 Å². The number of benzene rings is 2. The molecule has 0 spiro atoms. The summed E-state index contributed by atoms with van der Waals surface area (Å²) < 4.78 is 18.0. The Kier molecular flexibility index (Phi) is 4.02. The number of carbonyl (C=O) groups is 1. The highest BCUT2D eigenvalue weighted by Crippen LogP contribution is 2.20. The second-order valence-electron chi connectivity index (χ2n) is 3.95. The van der Waals surface area contributed by atoms with E-state index in [0.29, 0.717) is 11.3 Å². The molecule has 98 valence electrons. The molecular weight excluding hydrogens is 269 g/mol. The van der Waals surface area contributed by atoms with Crippen molar-refractivity contribution in [3.05, 3.63) is 64.4 Å². The van der Waals surface area contributed by atoms with Crippen molar-refractivity contribution in [2.45, 2.75) is 6.61 Å².